The summed E-state index contributed by atoms with van der Waals surface area (Å²) in [5.74, 6) is 0.615. The second kappa shape index (κ2) is 9.24. The minimum Gasteiger partial charge on any atom is -0.488 e. The average Bonchev–Trinajstić information content (AvgIpc) is 3.31. The summed E-state index contributed by atoms with van der Waals surface area (Å²) >= 11 is 1.55. The largest absolute Gasteiger partial charge is 0.488 e. The summed E-state index contributed by atoms with van der Waals surface area (Å²) in [6, 6.07) is 7.79. The highest BCUT2D eigenvalue weighted by Crippen LogP contribution is 2.34. The fourth-order valence-corrected chi connectivity index (χ4v) is 5.10. The van der Waals surface area contributed by atoms with Crippen molar-refractivity contribution in [2.75, 3.05) is 13.1 Å². The summed E-state index contributed by atoms with van der Waals surface area (Å²) < 4.78 is 6.02. The molecule has 0 aliphatic carbocycles. The second-order valence-electron chi connectivity index (χ2n) is 8.03. The second-order valence-corrected chi connectivity index (χ2v) is 8.99. The zero-order valence-electron chi connectivity index (χ0n) is 18.1. The van der Waals surface area contributed by atoms with Crippen LogP contribution in [0.3, 0.4) is 0 Å². The van der Waals surface area contributed by atoms with Crippen molar-refractivity contribution in [1.82, 2.24) is 15.1 Å². The summed E-state index contributed by atoms with van der Waals surface area (Å²) in [4.78, 5) is 30.3. The Morgan fingerprint density at radius 3 is 2.65 bits per heavy atom. The Kier molecular flexibility index (Phi) is 6.43. The van der Waals surface area contributed by atoms with Gasteiger partial charge in [0, 0.05) is 34.6 Å². The van der Waals surface area contributed by atoms with Crippen LogP contribution in [0.4, 0.5) is 0 Å². The monoisotopic (exact) mass is 439 g/mol. The van der Waals surface area contributed by atoms with Crippen molar-refractivity contribution in [2.45, 2.75) is 52.4 Å². The van der Waals surface area contributed by atoms with Crippen LogP contribution in [-0.4, -0.2) is 40.7 Å². The molecule has 6 nitrogen and oxygen atoms in total. The molecule has 0 radical (unpaired) electrons. The van der Waals surface area contributed by atoms with E-state index in [1.807, 2.05) is 17.5 Å². The van der Waals surface area contributed by atoms with Crippen molar-refractivity contribution in [1.29, 1.82) is 0 Å². The Hall–Kier alpha value is -2.64. The number of carbonyl (C=O) groups excluding carboxylic acids is 2. The Labute approximate surface area is 187 Å². The van der Waals surface area contributed by atoms with Gasteiger partial charge in [0.05, 0.1) is 5.56 Å². The molecule has 0 unspecified atom stereocenters. The highest BCUT2D eigenvalue weighted by atomic mass is 32.1. The SMILES string of the molecule is C=C1CC[C@H](N2Cc3c(csc3COc3ccc(CN(CC)CC)cc3)C2=O)C(=O)N1. The summed E-state index contributed by atoms with van der Waals surface area (Å²) in [5, 5.41) is 4.67. The molecule has 1 saturated heterocycles. The highest BCUT2D eigenvalue weighted by molar-refractivity contribution is 7.10. The van der Waals surface area contributed by atoms with Crippen LogP contribution in [0.5, 0.6) is 5.75 Å². The van der Waals surface area contributed by atoms with Crippen LogP contribution < -0.4 is 10.1 Å². The third-order valence-electron chi connectivity index (χ3n) is 6.09. The zero-order valence-corrected chi connectivity index (χ0v) is 19.0. The van der Waals surface area contributed by atoms with Crippen molar-refractivity contribution >= 4 is 23.2 Å². The van der Waals surface area contributed by atoms with E-state index in [2.05, 4.69) is 42.8 Å². The number of carbonyl (C=O) groups is 2. The number of rotatable bonds is 8. The molecular formula is C24H29N3O3S. The predicted molar refractivity (Wildman–Crippen MR) is 122 cm³/mol. The molecule has 1 aromatic carbocycles. The van der Waals surface area contributed by atoms with Crippen molar-refractivity contribution in [3.63, 3.8) is 0 Å². The summed E-state index contributed by atoms with van der Waals surface area (Å²) in [6.45, 7) is 12.0. The van der Waals surface area contributed by atoms with Crippen LogP contribution in [0, 0.1) is 0 Å². The summed E-state index contributed by atoms with van der Waals surface area (Å²) in [7, 11) is 0. The number of allylic oxidation sites excluding steroid dienone is 1. The van der Waals surface area contributed by atoms with Gasteiger partial charge >= 0.3 is 0 Å². The molecule has 1 N–H and O–H groups in total. The number of benzene rings is 1. The Morgan fingerprint density at radius 2 is 1.97 bits per heavy atom. The summed E-state index contributed by atoms with van der Waals surface area (Å²) in [6.07, 6.45) is 1.32. The fourth-order valence-electron chi connectivity index (χ4n) is 4.15. The number of hydrogen-bond donors (Lipinski definition) is 1. The van der Waals surface area contributed by atoms with E-state index in [0.717, 1.165) is 41.5 Å². The Bertz CT molecular complexity index is 978. The third-order valence-corrected chi connectivity index (χ3v) is 7.10. The lowest BCUT2D eigenvalue weighted by molar-refractivity contribution is -0.126. The molecule has 1 aromatic heterocycles. The molecule has 2 aliphatic heterocycles. The molecule has 2 aromatic rings. The van der Waals surface area contributed by atoms with Gasteiger partial charge in [0.2, 0.25) is 5.91 Å². The topological polar surface area (TPSA) is 61.9 Å². The molecule has 2 aliphatic rings. The molecular weight excluding hydrogens is 410 g/mol. The predicted octanol–water partition coefficient (Wildman–Crippen LogP) is 3.92. The van der Waals surface area contributed by atoms with E-state index < -0.39 is 6.04 Å². The van der Waals surface area contributed by atoms with Crippen molar-refractivity contribution in [2.24, 2.45) is 0 Å². The van der Waals surface area contributed by atoms with Gasteiger partial charge in [-0.15, -0.1) is 11.3 Å². The first-order valence-corrected chi connectivity index (χ1v) is 11.7. The number of nitrogens with zero attached hydrogens (tertiary/aromatic N) is 2. The van der Waals surface area contributed by atoms with Gasteiger partial charge < -0.3 is 15.0 Å². The molecule has 0 bridgehead atoms. The van der Waals surface area contributed by atoms with E-state index in [-0.39, 0.29) is 11.8 Å². The molecule has 2 amide bonds. The molecule has 0 saturated carbocycles. The smallest absolute Gasteiger partial charge is 0.256 e. The van der Waals surface area contributed by atoms with Gasteiger partial charge in [0.1, 0.15) is 18.4 Å². The van der Waals surface area contributed by atoms with Crippen LogP contribution in [0.15, 0.2) is 41.9 Å². The number of thiophene rings is 1. The number of nitrogens with one attached hydrogen (secondary N) is 1. The fraction of sp³-hybridized carbons (Fsp3) is 0.417. The van der Waals surface area contributed by atoms with Crippen LogP contribution in [-0.2, 0) is 24.5 Å². The van der Waals surface area contributed by atoms with Crippen LogP contribution in [0.2, 0.25) is 0 Å². The molecule has 0 spiro atoms. The maximum Gasteiger partial charge on any atom is 0.256 e. The molecule has 1 atom stereocenters. The van der Waals surface area contributed by atoms with Gasteiger partial charge in [-0.3, -0.25) is 14.5 Å². The van der Waals surface area contributed by atoms with E-state index in [9.17, 15) is 9.59 Å². The normalized spacial score (nSPS) is 18.5. The third kappa shape index (κ3) is 4.52. The average molecular weight is 440 g/mol. The van der Waals surface area contributed by atoms with Gasteiger partial charge in [-0.05, 0) is 43.6 Å². The number of ether oxygens (including phenoxy) is 1. The molecule has 1 fully saturated rings. The maximum absolute atomic E-state index is 12.9. The lowest BCUT2D eigenvalue weighted by atomic mass is 10.0. The quantitative estimate of drug-likeness (QED) is 0.677. The molecule has 4 rings (SSSR count). The minimum atomic E-state index is -0.428. The van der Waals surface area contributed by atoms with Gasteiger partial charge in [0.25, 0.3) is 5.91 Å². The molecule has 31 heavy (non-hydrogen) atoms. The first-order valence-electron chi connectivity index (χ1n) is 10.8. The van der Waals surface area contributed by atoms with Crippen LogP contribution in [0.25, 0.3) is 0 Å². The zero-order chi connectivity index (χ0) is 22.0. The molecule has 164 valence electrons. The number of hydrogen-bond acceptors (Lipinski definition) is 5. The lowest BCUT2D eigenvalue weighted by Crippen LogP contribution is -2.49. The van der Waals surface area contributed by atoms with E-state index in [4.69, 9.17) is 4.74 Å². The van der Waals surface area contributed by atoms with Gasteiger partial charge in [-0.1, -0.05) is 32.6 Å². The first-order chi connectivity index (χ1) is 15.0. The Balaban J connectivity index is 1.38. The highest BCUT2D eigenvalue weighted by Gasteiger charge is 2.39. The van der Waals surface area contributed by atoms with Gasteiger partial charge in [-0.25, -0.2) is 0 Å². The van der Waals surface area contributed by atoms with Crippen molar-refractivity contribution in [3.05, 3.63) is 63.5 Å². The van der Waals surface area contributed by atoms with Crippen LogP contribution in [0.1, 0.15) is 53.1 Å². The van der Waals surface area contributed by atoms with Crippen molar-refractivity contribution in [3.8, 4) is 5.75 Å². The maximum atomic E-state index is 12.9. The van der Waals surface area contributed by atoms with E-state index in [1.165, 1.54) is 5.56 Å². The number of piperidine rings is 1. The minimum absolute atomic E-state index is 0.0640. The Morgan fingerprint density at radius 1 is 1.23 bits per heavy atom. The van der Waals surface area contributed by atoms with Crippen LogP contribution >= 0.6 is 11.3 Å². The van der Waals surface area contributed by atoms with E-state index >= 15 is 0 Å². The van der Waals surface area contributed by atoms with Gasteiger partial charge in [0.15, 0.2) is 0 Å². The number of amides is 2. The first kappa shape index (κ1) is 21.6. The number of fused-ring (bicyclic) bond motifs is 1. The van der Waals surface area contributed by atoms with Crippen molar-refractivity contribution < 1.29 is 14.3 Å². The van der Waals surface area contributed by atoms with Gasteiger partial charge in [-0.2, -0.15) is 0 Å². The summed E-state index contributed by atoms with van der Waals surface area (Å²) in [5.41, 5.74) is 3.68. The van der Waals surface area contributed by atoms with E-state index in [0.29, 0.717) is 31.6 Å². The van der Waals surface area contributed by atoms with E-state index in [1.54, 1.807) is 16.2 Å². The molecule has 7 heteroatoms. The lowest BCUT2D eigenvalue weighted by Gasteiger charge is -2.31. The standard InChI is InChI=1S/C24H29N3O3S/c1-4-26(5-2)12-17-7-9-18(10-8-17)30-14-22-19-13-27(24(29)20(19)15-31-22)21-11-6-16(3)25-23(21)28/h7-10,15,21H,3-6,11-14H2,1-2H3,(H,25,28)/t21-/m0/s1. The molecule has 3 heterocycles.